The van der Waals surface area contributed by atoms with Gasteiger partial charge in [-0.15, -0.1) is 0 Å². The van der Waals surface area contributed by atoms with Gasteiger partial charge >= 0.3 is 5.97 Å². The van der Waals surface area contributed by atoms with Crippen molar-refractivity contribution in [3.63, 3.8) is 0 Å². The molecule has 1 aliphatic rings. The molecule has 0 aliphatic carbocycles. The third kappa shape index (κ3) is 4.46. The highest BCUT2D eigenvalue weighted by molar-refractivity contribution is 5.97. The van der Waals surface area contributed by atoms with Crippen LogP contribution >= 0.6 is 0 Å². The molecule has 0 saturated carbocycles. The van der Waals surface area contributed by atoms with E-state index in [1.165, 1.54) is 19.2 Å². The van der Waals surface area contributed by atoms with Crippen molar-refractivity contribution in [2.75, 3.05) is 12.4 Å². The van der Waals surface area contributed by atoms with E-state index < -0.39 is 18.4 Å². The van der Waals surface area contributed by atoms with E-state index in [1.807, 2.05) is 0 Å². The van der Waals surface area contributed by atoms with Crippen LogP contribution in [0.4, 0.5) is 14.5 Å². The molecule has 0 radical (unpaired) electrons. The lowest BCUT2D eigenvalue weighted by Gasteiger charge is -2.15. The third-order valence-electron chi connectivity index (χ3n) is 4.43. The summed E-state index contributed by atoms with van der Waals surface area (Å²) in [5.74, 6) is -0.620. The number of nitrogens with one attached hydrogen (secondary N) is 2. The molecule has 1 aliphatic heterocycles. The summed E-state index contributed by atoms with van der Waals surface area (Å²) in [5, 5.41) is 5.95. The number of benzene rings is 1. The Labute approximate surface area is 154 Å². The average Bonchev–Trinajstić information content (AvgIpc) is 2.83. The normalized spacial score (nSPS) is 16.4. The zero-order valence-corrected chi connectivity index (χ0v) is 14.7. The number of alkyl halides is 2. The second-order valence-corrected chi connectivity index (χ2v) is 6.21. The summed E-state index contributed by atoms with van der Waals surface area (Å²) in [6.45, 7) is 0.283. The molecule has 27 heavy (non-hydrogen) atoms. The van der Waals surface area contributed by atoms with Crippen LogP contribution in [0, 0.1) is 0 Å². The van der Waals surface area contributed by atoms with E-state index in [0.717, 1.165) is 11.8 Å². The van der Waals surface area contributed by atoms with Crippen LogP contribution in [-0.2, 0) is 22.5 Å². The van der Waals surface area contributed by atoms with Crippen LogP contribution in [0.25, 0.3) is 0 Å². The van der Waals surface area contributed by atoms with Gasteiger partial charge in [0, 0.05) is 24.0 Å². The summed E-state index contributed by atoms with van der Waals surface area (Å²) in [7, 11) is 1.32. The average molecular weight is 375 g/mol. The zero-order chi connectivity index (χ0) is 19.4. The number of carbonyl (C=O) groups excluding carboxylic acids is 2. The largest absolute Gasteiger partial charge is 0.465 e. The van der Waals surface area contributed by atoms with Crippen LogP contribution in [0.5, 0.6) is 0 Å². The second-order valence-electron chi connectivity index (χ2n) is 6.21. The zero-order valence-electron chi connectivity index (χ0n) is 14.7. The quantitative estimate of drug-likeness (QED) is 0.786. The van der Waals surface area contributed by atoms with Crippen molar-refractivity contribution >= 4 is 17.6 Å². The maximum atomic E-state index is 12.6. The topological polar surface area (TPSA) is 80.3 Å². The molecule has 6 nitrogen and oxygen atoms in total. The molecule has 142 valence electrons. The van der Waals surface area contributed by atoms with Crippen LogP contribution in [0.2, 0.25) is 0 Å². The van der Waals surface area contributed by atoms with E-state index in [1.54, 1.807) is 18.2 Å². The number of amides is 1. The highest BCUT2D eigenvalue weighted by atomic mass is 19.3. The highest BCUT2D eigenvalue weighted by Crippen LogP contribution is 2.24. The minimum Gasteiger partial charge on any atom is -0.465 e. The number of hydrogen-bond donors (Lipinski definition) is 2. The first kappa shape index (κ1) is 18.9. The maximum Gasteiger partial charge on any atom is 0.337 e. The molecule has 2 aromatic rings. The van der Waals surface area contributed by atoms with Gasteiger partial charge in [-0.3, -0.25) is 9.78 Å². The summed E-state index contributed by atoms with van der Waals surface area (Å²) in [5.41, 5.74) is 2.39. The Kier molecular flexibility index (Phi) is 5.75. The number of ether oxygens (including phenoxy) is 1. The molecule has 0 bridgehead atoms. The monoisotopic (exact) mass is 375 g/mol. The van der Waals surface area contributed by atoms with Gasteiger partial charge in [0.2, 0.25) is 5.91 Å². The fourth-order valence-corrected chi connectivity index (χ4v) is 2.91. The Hall–Kier alpha value is -2.87. The number of anilines is 1. The molecule has 1 atom stereocenters. The van der Waals surface area contributed by atoms with Gasteiger partial charge in [-0.1, -0.05) is 0 Å². The number of methoxy groups -OCH3 is 1. The van der Waals surface area contributed by atoms with Crippen LogP contribution in [-0.4, -0.2) is 30.0 Å². The first-order chi connectivity index (χ1) is 13.0. The Balaban J connectivity index is 1.65. The van der Waals surface area contributed by atoms with E-state index in [2.05, 4.69) is 15.6 Å². The first-order valence-electron chi connectivity index (χ1n) is 8.46. The number of aromatic nitrogens is 1. The molecule has 1 aromatic carbocycles. The summed E-state index contributed by atoms with van der Waals surface area (Å²) in [6, 6.07) is 7.39. The van der Waals surface area contributed by atoms with Crippen molar-refractivity contribution in [2.45, 2.75) is 31.9 Å². The first-order valence-corrected chi connectivity index (χ1v) is 8.46. The van der Waals surface area contributed by atoms with Crippen LogP contribution in [0.3, 0.4) is 0 Å². The number of esters is 1. The van der Waals surface area contributed by atoms with E-state index >= 15 is 0 Å². The minimum atomic E-state index is -2.56. The molecule has 1 aromatic heterocycles. The minimum absolute atomic E-state index is 0.136. The third-order valence-corrected chi connectivity index (χ3v) is 4.43. The van der Waals surface area contributed by atoms with E-state index in [-0.39, 0.29) is 18.0 Å². The Morgan fingerprint density at radius 2 is 2.19 bits per heavy atom. The fourth-order valence-electron chi connectivity index (χ4n) is 2.91. The van der Waals surface area contributed by atoms with Crippen molar-refractivity contribution in [1.29, 1.82) is 0 Å². The molecule has 8 heteroatoms. The van der Waals surface area contributed by atoms with Crippen molar-refractivity contribution in [3.8, 4) is 0 Å². The number of rotatable bonds is 5. The van der Waals surface area contributed by atoms with Gasteiger partial charge in [-0.25, -0.2) is 13.6 Å². The SMILES string of the molecule is COC(=O)c1ccc2c(c1)CCC(NCc1ccc(C(F)F)cn1)C(=O)N2. The number of halogens is 2. The van der Waals surface area contributed by atoms with Gasteiger partial charge < -0.3 is 15.4 Å². The van der Waals surface area contributed by atoms with Crippen LogP contribution < -0.4 is 10.6 Å². The molecule has 0 spiro atoms. The van der Waals surface area contributed by atoms with Gasteiger partial charge in [0.25, 0.3) is 6.43 Å². The lowest BCUT2D eigenvalue weighted by molar-refractivity contribution is -0.118. The van der Waals surface area contributed by atoms with Gasteiger partial charge in [-0.2, -0.15) is 0 Å². The number of hydrogen-bond acceptors (Lipinski definition) is 5. The summed E-state index contributed by atoms with van der Waals surface area (Å²) in [4.78, 5) is 28.1. The molecule has 1 unspecified atom stereocenters. The Bertz CT molecular complexity index is 841. The van der Waals surface area contributed by atoms with Gasteiger partial charge in [-0.05, 0) is 48.7 Å². The summed E-state index contributed by atoms with van der Waals surface area (Å²) >= 11 is 0. The molecular weight excluding hydrogens is 356 g/mol. The molecule has 2 heterocycles. The number of aryl methyl sites for hydroxylation is 1. The predicted octanol–water partition coefficient (Wildman–Crippen LogP) is 2.85. The fraction of sp³-hybridized carbons (Fsp3) is 0.316. The molecule has 0 fully saturated rings. The Morgan fingerprint density at radius 1 is 1.37 bits per heavy atom. The van der Waals surface area contributed by atoms with Crippen molar-refractivity contribution < 1.29 is 23.1 Å². The lowest BCUT2D eigenvalue weighted by Crippen LogP contribution is -2.39. The maximum absolute atomic E-state index is 12.6. The van der Waals surface area contributed by atoms with Crippen LogP contribution in [0.15, 0.2) is 36.5 Å². The van der Waals surface area contributed by atoms with E-state index in [9.17, 15) is 18.4 Å². The lowest BCUT2D eigenvalue weighted by atomic mass is 10.0. The smallest absolute Gasteiger partial charge is 0.337 e. The van der Waals surface area contributed by atoms with E-state index in [4.69, 9.17) is 4.74 Å². The second kappa shape index (κ2) is 8.22. The molecule has 3 rings (SSSR count). The standard InChI is InChI=1S/C19H19F2N3O3/c1-27-19(26)12-4-6-15-11(8-12)3-7-16(18(25)24-15)23-10-14-5-2-13(9-22-14)17(20)21/h2,4-6,8-9,16-17,23H,3,7,10H2,1H3,(H,24,25). The molecule has 1 amide bonds. The summed E-state index contributed by atoms with van der Waals surface area (Å²) < 4.78 is 29.8. The van der Waals surface area contributed by atoms with E-state index in [0.29, 0.717) is 29.8 Å². The molecule has 0 saturated heterocycles. The number of pyridine rings is 1. The van der Waals surface area contributed by atoms with Crippen molar-refractivity contribution in [1.82, 2.24) is 10.3 Å². The van der Waals surface area contributed by atoms with Crippen LogP contribution in [0.1, 0.15) is 40.0 Å². The van der Waals surface area contributed by atoms with Crippen molar-refractivity contribution in [3.05, 3.63) is 58.9 Å². The number of fused-ring (bicyclic) bond motifs is 1. The summed E-state index contributed by atoms with van der Waals surface area (Å²) in [6.07, 6.45) is -0.299. The molecular formula is C19H19F2N3O3. The van der Waals surface area contributed by atoms with Gasteiger partial charge in [0.1, 0.15) is 0 Å². The number of nitrogens with zero attached hydrogens (tertiary/aromatic N) is 1. The van der Waals surface area contributed by atoms with Crippen molar-refractivity contribution in [2.24, 2.45) is 0 Å². The Morgan fingerprint density at radius 3 is 2.85 bits per heavy atom. The number of carbonyl (C=O) groups is 2. The highest BCUT2D eigenvalue weighted by Gasteiger charge is 2.24. The predicted molar refractivity (Wildman–Crippen MR) is 94.6 cm³/mol. The van der Waals surface area contributed by atoms with Gasteiger partial charge in [0.05, 0.1) is 24.4 Å². The molecule has 2 N–H and O–H groups in total. The van der Waals surface area contributed by atoms with Gasteiger partial charge in [0.15, 0.2) is 0 Å².